The average Bonchev–Trinajstić information content (AvgIpc) is 2.79. The molecule has 2 amide bonds. The van der Waals surface area contributed by atoms with E-state index in [1.807, 2.05) is 4.90 Å². The van der Waals surface area contributed by atoms with Crippen LogP contribution in [0.1, 0.15) is 47.4 Å². The minimum atomic E-state index is -0.378. The van der Waals surface area contributed by atoms with Crippen LogP contribution in [0.4, 0.5) is 5.69 Å². The van der Waals surface area contributed by atoms with Crippen molar-refractivity contribution in [2.45, 2.75) is 26.7 Å². The number of thiocarbonyl (C=S) groups is 1. The Morgan fingerprint density at radius 1 is 0.969 bits per heavy atom. The normalized spacial score (nSPS) is 10.3. The monoisotopic (exact) mass is 457 g/mol. The molecular formula is C24H31N3O4S. The van der Waals surface area contributed by atoms with E-state index in [0.29, 0.717) is 35.8 Å². The third kappa shape index (κ3) is 7.62. The molecule has 0 aliphatic carbocycles. The molecule has 2 N–H and O–H groups in total. The van der Waals surface area contributed by atoms with Crippen LogP contribution in [-0.2, 0) is 4.74 Å². The van der Waals surface area contributed by atoms with Gasteiger partial charge >= 0.3 is 0 Å². The van der Waals surface area contributed by atoms with Gasteiger partial charge in [-0.15, -0.1) is 0 Å². The number of nitrogens with zero attached hydrogens (tertiary/aromatic N) is 1. The van der Waals surface area contributed by atoms with Gasteiger partial charge in [0, 0.05) is 31.5 Å². The zero-order valence-electron chi connectivity index (χ0n) is 18.8. The van der Waals surface area contributed by atoms with Gasteiger partial charge in [-0.1, -0.05) is 26.0 Å². The van der Waals surface area contributed by atoms with Crippen molar-refractivity contribution >= 4 is 34.8 Å². The van der Waals surface area contributed by atoms with Gasteiger partial charge in [-0.25, -0.2) is 0 Å². The summed E-state index contributed by atoms with van der Waals surface area (Å²) in [5.74, 6) is 0.0923. The van der Waals surface area contributed by atoms with E-state index in [-0.39, 0.29) is 16.9 Å². The summed E-state index contributed by atoms with van der Waals surface area (Å²) in [6.07, 6.45) is 1.83. The highest BCUT2D eigenvalue weighted by Gasteiger charge is 2.15. The zero-order valence-corrected chi connectivity index (χ0v) is 19.7. The summed E-state index contributed by atoms with van der Waals surface area (Å²) >= 11 is 5.28. The standard InChI is InChI=1S/C24H31N3O4S/c1-4-14-27(15-5-2)23(29)18-10-12-19(13-11-18)25-24(32)26-22(28)20-8-6-7-9-21(20)31-17-16-30-3/h6-13H,4-5,14-17H2,1-3H3,(H2,25,26,28,32). The van der Waals surface area contributed by atoms with Crippen LogP contribution in [0, 0.1) is 0 Å². The number of hydrogen-bond donors (Lipinski definition) is 2. The number of methoxy groups -OCH3 is 1. The van der Waals surface area contributed by atoms with Crippen molar-refractivity contribution in [1.82, 2.24) is 10.2 Å². The summed E-state index contributed by atoms with van der Waals surface area (Å²) in [6.45, 7) is 6.34. The van der Waals surface area contributed by atoms with Crippen molar-refractivity contribution in [2.75, 3.05) is 38.7 Å². The van der Waals surface area contributed by atoms with Gasteiger partial charge in [-0.3, -0.25) is 14.9 Å². The molecule has 0 bridgehead atoms. The number of benzene rings is 2. The lowest BCUT2D eigenvalue weighted by Gasteiger charge is -2.21. The second-order valence-corrected chi connectivity index (χ2v) is 7.52. The average molecular weight is 458 g/mol. The third-order valence-electron chi connectivity index (χ3n) is 4.57. The molecule has 0 atom stereocenters. The van der Waals surface area contributed by atoms with E-state index in [1.165, 1.54) is 0 Å². The summed E-state index contributed by atoms with van der Waals surface area (Å²) in [4.78, 5) is 27.2. The van der Waals surface area contributed by atoms with Crippen molar-refractivity contribution in [2.24, 2.45) is 0 Å². The molecule has 0 aromatic heterocycles. The van der Waals surface area contributed by atoms with Gasteiger partial charge in [0.15, 0.2) is 5.11 Å². The molecule has 2 aromatic rings. The van der Waals surface area contributed by atoms with Gasteiger partial charge in [0.2, 0.25) is 0 Å². The van der Waals surface area contributed by atoms with E-state index < -0.39 is 0 Å². The first-order chi connectivity index (χ1) is 15.5. The lowest BCUT2D eigenvalue weighted by Crippen LogP contribution is -2.34. The number of ether oxygens (including phenoxy) is 2. The topological polar surface area (TPSA) is 79.9 Å². The maximum atomic E-state index is 12.7. The maximum Gasteiger partial charge on any atom is 0.261 e. The first kappa shape index (κ1) is 25.3. The Morgan fingerprint density at radius 2 is 1.62 bits per heavy atom. The van der Waals surface area contributed by atoms with Crippen molar-refractivity contribution in [3.63, 3.8) is 0 Å². The number of nitrogens with one attached hydrogen (secondary N) is 2. The van der Waals surface area contributed by atoms with Crippen LogP contribution in [-0.4, -0.2) is 55.2 Å². The minimum Gasteiger partial charge on any atom is -0.490 e. The quantitative estimate of drug-likeness (QED) is 0.391. The first-order valence-electron chi connectivity index (χ1n) is 10.7. The predicted molar refractivity (Wildman–Crippen MR) is 130 cm³/mol. The van der Waals surface area contributed by atoms with E-state index in [2.05, 4.69) is 24.5 Å². The summed E-state index contributed by atoms with van der Waals surface area (Å²) in [7, 11) is 1.58. The molecule has 0 spiro atoms. The Labute approximate surface area is 195 Å². The molecule has 0 saturated heterocycles. The number of carbonyl (C=O) groups is 2. The molecule has 2 aromatic carbocycles. The van der Waals surface area contributed by atoms with Crippen LogP contribution >= 0.6 is 12.2 Å². The molecule has 0 radical (unpaired) electrons. The van der Waals surface area contributed by atoms with Gasteiger partial charge < -0.3 is 19.7 Å². The van der Waals surface area contributed by atoms with Gasteiger partial charge in [0.1, 0.15) is 12.4 Å². The van der Waals surface area contributed by atoms with Gasteiger partial charge in [-0.05, 0) is 61.5 Å². The Hall–Kier alpha value is -2.97. The Morgan fingerprint density at radius 3 is 2.25 bits per heavy atom. The second kappa shape index (κ2) is 13.4. The van der Waals surface area contributed by atoms with Crippen molar-refractivity contribution < 1.29 is 19.1 Å². The van der Waals surface area contributed by atoms with Crippen LogP contribution in [0.3, 0.4) is 0 Å². The largest absolute Gasteiger partial charge is 0.490 e. The molecule has 0 aliphatic heterocycles. The molecule has 0 fully saturated rings. The second-order valence-electron chi connectivity index (χ2n) is 7.12. The van der Waals surface area contributed by atoms with Crippen molar-refractivity contribution in [1.29, 1.82) is 0 Å². The molecule has 172 valence electrons. The third-order valence-corrected chi connectivity index (χ3v) is 4.77. The molecule has 0 saturated carbocycles. The van der Waals surface area contributed by atoms with Crippen molar-refractivity contribution in [3.05, 3.63) is 59.7 Å². The summed E-state index contributed by atoms with van der Waals surface area (Å²) in [5, 5.41) is 5.79. The number of hydrogen-bond acceptors (Lipinski definition) is 5. The Balaban J connectivity index is 1.97. The van der Waals surface area contributed by atoms with Gasteiger partial charge in [-0.2, -0.15) is 0 Å². The van der Waals surface area contributed by atoms with Gasteiger partial charge in [0.05, 0.1) is 12.2 Å². The first-order valence-corrected chi connectivity index (χ1v) is 11.1. The maximum absolute atomic E-state index is 12.7. The van der Waals surface area contributed by atoms with E-state index >= 15 is 0 Å². The number of amides is 2. The summed E-state index contributed by atoms with van der Waals surface area (Å²) in [5.41, 5.74) is 1.67. The molecule has 2 rings (SSSR count). The molecular weight excluding hydrogens is 426 g/mol. The smallest absolute Gasteiger partial charge is 0.261 e. The van der Waals surface area contributed by atoms with E-state index in [1.54, 1.807) is 55.6 Å². The Bertz CT molecular complexity index is 896. The fourth-order valence-electron chi connectivity index (χ4n) is 3.08. The highest BCUT2D eigenvalue weighted by atomic mass is 32.1. The summed E-state index contributed by atoms with van der Waals surface area (Å²) in [6, 6.07) is 14.0. The van der Waals surface area contributed by atoms with E-state index in [0.717, 1.165) is 25.9 Å². The van der Waals surface area contributed by atoms with Gasteiger partial charge in [0.25, 0.3) is 11.8 Å². The van der Waals surface area contributed by atoms with Crippen LogP contribution in [0.25, 0.3) is 0 Å². The fraction of sp³-hybridized carbons (Fsp3) is 0.375. The molecule has 32 heavy (non-hydrogen) atoms. The van der Waals surface area contributed by atoms with E-state index in [4.69, 9.17) is 21.7 Å². The molecule has 8 heteroatoms. The highest BCUT2D eigenvalue weighted by Crippen LogP contribution is 2.18. The SMILES string of the molecule is CCCN(CCC)C(=O)c1ccc(NC(=S)NC(=O)c2ccccc2OCCOC)cc1. The predicted octanol–water partition coefficient (Wildman–Crippen LogP) is 4.10. The van der Waals surface area contributed by atoms with Crippen LogP contribution in [0.5, 0.6) is 5.75 Å². The molecule has 0 unspecified atom stereocenters. The van der Waals surface area contributed by atoms with E-state index in [9.17, 15) is 9.59 Å². The lowest BCUT2D eigenvalue weighted by atomic mass is 10.1. The lowest BCUT2D eigenvalue weighted by molar-refractivity contribution is 0.0755. The van der Waals surface area contributed by atoms with Crippen LogP contribution in [0.2, 0.25) is 0 Å². The molecule has 7 nitrogen and oxygen atoms in total. The number of anilines is 1. The van der Waals surface area contributed by atoms with Crippen molar-refractivity contribution in [3.8, 4) is 5.75 Å². The van der Waals surface area contributed by atoms with Crippen LogP contribution < -0.4 is 15.4 Å². The Kier molecular flexibility index (Phi) is 10.6. The number of carbonyl (C=O) groups excluding carboxylic acids is 2. The highest BCUT2D eigenvalue weighted by molar-refractivity contribution is 7.80. The van der Waals surface area contributed by atoms with Crippen LogP contribution in [0.15, 0.2) is 48.5 Å². The molecule has 0 heterocycles. The summed E-state index contributed by atoms with van der Waals surface area (Å²) < 4.78 is 10.6. The zero-order chi connectivity index (χ0) is 23.3. The minimum absolute atomic E-state index is 0.0150. The molecule has 0 aliphatic rings. The number of para-hydroxylation sites is 1. The number of rotatable bonds is 11. The fourth-order valence-corrected chi connectivity index (χ4v) is 3.29.